The summed E-state index contributed by atoms with van der Waals surface area (Å²) in [6.45, 7) is 0. The van der Waals surface area contributed by atoms with Crippen LogP contribution in [0.2, 0.25) is 10.0 Å². The van der Waals surface area contributed by atoms with Crippen molar-refractivity contribution in [3.05, 3.63) is 68.9 Å². The number of fused-ring (bicyclic) bond motifs is 1. The largest absolute Gasteiger partial charge is 0.496 e. The molecule has 0 fully saturated rings. The molecule has 0 aliphatic carbocycles. The Labute approximate surface area is 196 Å². The molecule has 0 atom stereocenters. The van der Waals surface area contributed by atoms with E-state index < -0.39 is 0 Å². The van der Waals surface area contributed by atoms with E-state index in [-0.39, 0.29) is 5.91 Å². The lowest BCUT2D eigenvalue weighted by Crippen LogP contribution is -2.13. The van der Waals surface area contributed by atoms with Crippen molar-refractivity contribution in [2.45, 2.75) is 0 Å². The fourth-order valence-electron chi connectivity index (χ4n) is 3.05. The molecule has 0 radical (unpaired) electrons. The van der Waals surface area contributed by atoms with Gasteiger partial charge in [-0.1, -0.05) is 39.1 Å². The number of pyridine rings is 1. The first-order valence-electron chi connectivity index (χ1n) is 9.04. The first-order valence-corrected chi connectivity index (χ1v) is 10.6. The third-order valence-corrected chi connectivity index (χ3v) is 5.74. The molecule has 0 bridgehead atoms. The van der Waals surface area contributed by atoms with Crippen LogP contribution in [0.15, 0.2) is 53.3 Å². The number of rotatable bonds is 5. The van der Waals surface area contributed by atoms with E-state index in [2.05, 4.69) is 36.5 Å². The number of ether oxygens (including phenoxy) is 1. The molecule has 4 rings (SSSR count). The predicted molar refractivity (Wildman–Crippen MR) is 127 cm³/mol. The number of carbonyl (C=O) groups excluding carboxylic acids is 1. The van der Waals surface area contributed by atoms with Crippen molar-refractivity contribution >= 4 is 73.4 Å². The molecule has 1 amide bonds. The third kappa shape index (κ3) is 4.32. The van der Waals surface area contributed by atoms with Gasteiger partial charge >= 0.3 is 0 Å². The second-order valence-electron chi connectivity index (χ2n) is 6.60. The predicted octanol–water partition coefficient (Wildman–Crippen LogP) is 6.04. The minimum Gasteiger partial charge on any atom is -0.496 e. The second kappa shape index (κ2) is 8.74. The summed E-state index contributed by atoms with van der Waals surface area (Å²) >= 11 is 15.8. The maximum Gasteiger partial charge on any atom is 0.259 e. The lowest BCUT2D eigenvalue weighted by molar-refractivity contribution is 0.102. The summed E-state index contributed by atoms with van der Waals surface area (Å²) in [6.07, 6.45) is 2.98. The first-order chi connectivity index (χ1) is 14.9. The highest BCUT2D eigenvalue weighted by Crippen LogP contribution is 2.34. The van der Waals surface area contributed by atoms with Crippen LogP contribution >= 0.6 is 39.1 Å². The average molecular weight is 521 g/mol. The van der Waals surface area contributed by atoms with Crippen LogP contribution in [0.1, 0.15) is 10.4 Å². The van der Waals surface area contributed by atoms with Crippen LogP contribution in [0.4, 0.5) is 17.3 Å². The van der Waals surface area contributed by atoms with Gasteiger partial charge in [0.2, 0.25) is 5.95 Å². The summed E-state index contributed by atoms with van der Waals surface area (Å²) in [4.78, 5) is 21.4. The standard InChI is InChI=1S/C21H16BrCl2N5O2/c1-29-17-8-18(31-2)13(20(30)26-12-5-3-11(22)4-6-12)7-16(17)27-21(29)28-19-14(23)9-25-10-15(19)24/h3-10H,1-2H3,(H,26,30)(H,25,27,28). The summed E-state index contributed by atoms with van der Waals surface area (Å²) in [5.41, 5.74) is 2.90. The molecule has 10 heteroatoms. The average Bonchev–Trinajstić information content (AvgIpc) is 3.06. The molecule has 0 spiro atoms. The molecule has 4 aromatic rings. The van der Waals surface area contributed by atoms with Crippen molar-refractivity contribution in [1.82, 2.24) is 14.5 Å². The van der Waals surface area contributed by atoms with Gasteiger partial charge in [-0.3, -0.25) is 9.78 Å². The molecule has 31 heavy (non-hydrogen) atoms. The van der Waals surface area contributed by atoms with Crippen LogP contribution < -0.4 is 15.4 Å². The molecular weight excluding hydrogens is 505 g/mol. The van der Waals surface area contributed by atoms with Crippen LogP contribution in [0.5, 0.6) is 5.75 Å². The number of amides is 1. The molecule has 0 aliphatic rings. The number of aryl methyl sites for hydroxylation is 1. The first kappa shape index (κ1) is 21.4. The molecule has 0 aliphatic heterocycles. The summed E-state index contributed by atoms with van der Waals surface area (Å²) in [7, 11) is 3.35. The van der Waals surface area contributed by atoms with E-state index >= 15 is 0 Å². The molecule has 158 valence electrons. The number of imidazole rings is 1. The Morgan fingerprint density at radius 1 is 1.13 bits per heavy atom. The van der Waals surface area contributed by atoms with E-state index in [1.807, 2.05) is 23.7 Å². The molecule has 0 unspecified atom stereocenters. The van der Waals surface area contributed by atoms with E-state index in [0.29, 0.717) is 44.2 Å². The Morgan fingerprint density at radius 3 is 2.45 bits per heavy atom. The number of halogens is 3. The zero-order valence-electron chi connectivity index (χ0n) is 16.4. The molecule has 7 nitrogen and oxygen atoms in total. The topological polar surface area (TPSA) is 81.1 Å². The van der Waals surface area contributed by atoms with Gasteiger partial charge in [0.1, 0.15) is 5.75 Å². The Kier molecular flexibility index (Phi) is 6.04. The fraction of sp³-hybridized carbons (Fsp3) is 0.0952. The van der Waals surface area contributed by atoms with E-state index in [4.69, 9.17) is 27.9 Å². The third-order valence-electron chi connectivity index (χ3n) is 4.64. The van der Waals surface area contributed by atoms with Gasteiger partial charge in [-0.2, -0.15) is 0 Å². The van der Waals surface area contributed by atoms with Crippen molar-refractivity contribution in [2.24, 2.45) is 7.05 Å². The van der Waals surface area contributed by atoms with Gasteiger partial charge in [-0.25, -0.2) is 4.98 Å². The number of benzene rings is 2. The Morgan fingerprint density at radius 2 is 1.81 bits per heavy atom. The van der Waals surface area contributed by atoms with Gasteiger partial charge in [-0.15, -0.1) is 0 Å². The van der Waals surface area contributed by atoms with Crippen LogP contribution in [0.25, 0.3) is 11.0 Å². The van der Waals surface area contributed by atoms with Crippen LogP contribution in [0.3, 0.4) is 0 Å². The SMILES string of the molecule is COc1cc2c(cc1C(=O)Nc1ccc(Br)cc1)nc(Nc1c(Cl)cncc1Cl)n2C. The summed E-state index contributed by atoms with van der Waals surface area (Å²) in [6, 6.07) is 10.8. The van der Waals surface area contributed by atoms with Crippen molar-refractivity contribution in [1.29, 1.82) is 0 Å². The zero-order chi connectivity index (χ0) is 22.1. The van der Waals surface area contributed by atoms with Gasteiger partial charge in [0.25, 0.3) is 5.91 Å². The van der Waals surface area contributed by atoms with E-state index in [1.165, 1.54) is 19.5 Å². The van der Waals surface area contributed by atoms with Crippen LogP contribution in [-0.4, -0.2) is 27.6 Å². The zero-order valence-corrected chi connectivity index (χ0v) is 19.5. The lowest BCUT2D eigenvalue weighted by Gasteiger charge is -2.11. The maximum absolute atomic E-state index is 12.9. The summed E-state index contributed by atoms with van der Waals surface area (Å²) < 4.78 is 8.22. The minimum absolute atomic E-state index is 0.304. The molecule has 2 heterocycles. The van der Waals surface area contributed by atoms with Crippen molar-refractivity contribution in [2.75, 3.05) is 17.7 Å². The van der Waals surface area contributed by atoms with Gasteiger partial charge in [0.15, 0.2) is 0 Å². The number of nitrogens with zero attached hydrogens (tertiary/aromatic N) is 3. The van der Waals surface area contributed by atoms with E-state index in [1.54, 1.807) is 24.3 Å². The number of nitrogens with one attached hydrogen (secondary N) is 2. The molecule has 2 aromatic carbocycles. The summed E-state index contributed by atoms with van der Waals surface area (Å²) in [5, 5.41) is 6.74. The normalized spacial score (nSPS) is 10.9. The number of aromatic nitrogens is 3. The highest BCUT2D eigenvalue weighted by atomic mass is 79.9. The fourth-order valence-corrected chi connectivity index (χ4v) is 3.77. The number of carbonyl (C=O) groups is 1. The number of hydrogen-bond donors (Lipinski definition) is 2. The van der Waals surface area contributed by atoms with E-state index in [9.17, 15) is 4.79 Å². The number of methoxy groups -OCH3 is 1. The smallest absolute Gasteiger partial charge is 0.259 e. The molecule has 2 N–H and O–H groups in total. The Balaban J connectivity index is 1.71. The van der Waals surface area contributed by atoms with Gasteiger partial charge < -0.3 is 19.9 Å². The Hall–Kier alpha value is -2.81. The van der Waals surface area contributed by atoms with Crippen molar-refractivity contribution < 1.29 is 9.53 Å². The monoisotopic (exact) mass is 519 g/mol. The highest BCUT2D eigenvalue weighted by molar-refractivity contribution is 9.10. The Bertz CT molecular complexity index is 1270. The summed E-state index contributed by atoms with van der Waals surface area (Å²) in [5.74, 6) is 0.621. The minimum atomic E-state index is -0.304. The van der Waals surface area contributed by atoms with Crippen LogP contribution in [0, 0.1) is 0 Å². The quantitative estimate of drug-likeness (QED) is 0.335. The number of hydrogen-bond acceptors (Lipinski definition) is 5. The highest BCUT2D eigenvalue weighted by Gasteiger charge is 2.19. The van der Waals surface area contributed by atoms with Gasteiger partial charge in [-0.05, 0) is 30.3 Å². The van der Waals surface area contributed by atoms with E-state index in [0.717, 1.165) is 9.99 Å². The molecule has 2 aromatic heterocycles. The molecular formula is C21H16BrCl2N5O2. The van der Waals surface area contributed by atoms with Crippen molar-refractivity contribution in [3.63, 3.8) is 0 Å². The molecule has 0 saturated carbocycles. The van der Waals surface area contributed by atoms with Gasteiger partial charge in [0, 0.05) is 35.7 Å². The van der Waals surface area contributed by atoms with Crippen molar-refractivity contribution in [3.8, 4) is 5.75 Å². The van der Waals surface area contributed by atoms with Gasteiger partial charge in [0.05, 0.1) is 39.4 Å². The second-order valence-corrected chi connectivity index (χ2v) is 8.33. The van der Waals surface area contributed by atoms with Crippen LogP contribution in [-0.2, 0) is 7.05 Å². The maximum atomic E-state index is 12.9. The lowest BCUT2D eigenvalue weighted by atomic mass is 10.1. The number of anilines is 3. The molecule has 0 saturated heterocycles.